The number of likely N-dealkylation sites (N-methyl/N-ethyl adjacent to an activating group) is 1. The fourth-order valence-corrected chi connectivity index (χ4v) is 3.11. The van der Waals surface area contributed by atoms with Gasteiger partial charge in [-0.05, 0) is 43.4 Å². The lowest BCUT2D eigenvalue weighted by atomic mass is 10.2. The van der Waals surface area contributed by atoms with Crippen LogP contribution >= 0.6 is 11.6 Å². The van der Waals surface area contributed by atoms with Crippen LogP contribution in [-0.4, -0.2) is 43.7 Å². The molecule has 2 aromatic rings. The summed E-state index contributed by atoms with van der Waals surface area (Å²) in [5.74, 6) is -0.492. The van der Waals surface area contributed by atoms with Crippen LogP contribution in [0.5, 0.6) is 11.5 Å². The summed E-state index contributed by atoms with van der Waals surface area (Å²) in [6.45, 7) is 6.44. The summed E-state index contributed by atoms with van der Waals surface area (Å²) in [7, 11) is 0. The van der Waals surface area contributed by atoms with Gasteiger partial charge < -0.3 is 19.7 Å². The molecule has 0 aliphatic heterocycles. The quantitative estimate of drug-likeness (QED) is 0.532. The van der Waals surface area contributed by atoms with Crippen molar-refractivity contribution in [2.24, 2.45) is 0 Å². The Bertz CT molecular complexity index is 973. The number of anilines is 1. The third-order valence-corrected chi connectivity index (χ3v) is 4.96. The summed E-state index contributed by atoms with van der Waals surface area (Å²) in [6.07, 6.45) is -4.64. The molecule has 0 atom stereocenters. The van der Waals surface area contributed by atoms with Gasteiger partial charge in [0.1, 0.15) is 24.2 Å². The van der Waals surface area contributed by atoms with Crippen LogP contribution in [0.15, 0.2) is 36.4 Å². The van der Waals surface area contributed by atoms with Gasteiger partial charge in [0, 0.05) is 12.2 Å². The minimum Gasteiger partial charge on any atom is -0.491 e. The minimum atomic E-state index is -4.64. The lowest BCUT2D eigenvalue weighted by molar-refractivity contribution is -0.137. The fraction of sp³-hybridized carbons (Fsp3) is 0.364. The molecule has 0 bridgehead atoms. The second-order valence-corrected chi connectivity index (χ2v) is 7.03. The van der Waals surface area contributed by atoms with Crippen molar-refractivity contribution in [1.29, 1.82) is 5.26 Å². The van der Waals surface area contributed by atoms with Crippen molar-refractivity contribution in [2.75, 3.05) is 38.2 Å². The van der Waals surface area contributed by atoms with Crippen LogP contribution in [-0.2, 0) is 11.0 Å². The van der Waals surface area contributed by atoms with Crippen LogP contribution in [0, 0.1) is 11.3 Å². The topological polar surface area (TPSA) is 74.6 Å². The van der Waals surface area contributed by atoms with Crippen LogP contribution in [0.3, 0.4) is 0 Å². The van der Waals surface area contributed by atoms with Gasteiger partial charge in [-0.25, -0.2) is 0 Å². The molecule has 0 saturated carbocycles. The van der Waals surface area contributed by atoms with Crippen molar-refractivity contribution in [1.82, 2.24) is 4.90 Å². The van der Waals surface area contributed by atoms with E-state index in [0.29, 0.717) is 24.6 Å². The van der Waals surface area contributed by atoms with Crippen molar-refractivity contribution in [2.45, 2.75) is 20.0 Å². The first kappa shape index (κ1) is 25.3. The lowest BCUT2D eigenvalue weighted by Gasteiger charge is -2.18. The molecule has 2 rings (SSSR count). The van der Waals surface area contributed by atoms with Gasteiger partial charge in [0.15, 0.2) is 6.61 Å². The average molecular weight is 470 g/mol. The second kappa shape index (κ2) is 11.6. The zero-order chi connectivity index (χ0) is 23.7. The predicted octanol–water partition coefficient (Wildman–Crippen LogP) is 4.97. The van der Waals surface area contributed by atoms with Gasteiger partial charge in [-0.3, -0.25) is 4.79 Å². The number of carbonyl (C=O) groups is 1. The molecule has 0 radical (unpaired) electrons. The van der Waals surface area contributed by atoms with E-state index in [9.17, 15) is 23.2 Å². The van der Waals surface area contributed by atoms with Crippen molar-refractivity contribution >= 4 is 23.2 Å². The normalized spacial score (nSPS) is 11.2. The lowest BCUT2D eigenvalue weighted by Crippen LogP contribution is -2.28. The summed E-state index contributed by atoms with van der Waals surface area (Å²) in [4.78, 5) is 14.3. The Morgan fingerprint density at radius 2 is 1.88 bits per heavy atom. The fourth-order valence-electron chi connectivity index (χ4n) is 2.83. The van der Waals surface area contributed by atoms with E-state index in [2.05, 4.69) is 10.2 Å². The van der Waals surface area contributed by atoms with Gasteiger partial charge in [-0.1, -0.05) is 31.5 Å². The molecule has 0 aromatic heterocycles. The van der Waals surface area contributed by atoms with Crippen LogP contribution in [0.25, 0.3) is 0 Å². The average Bonchev–Trinajstić information content (AvgIpc) is 2.76. The molecule has 2 aromatic carbocycles. The third kappa shape index (κ3) is 7.04. The number of rotatable bonds is 10. The Hall–Kier alpha value is -2.96. The number of hydrogen-bond acceptors (Lipinski definition) is 5. The zero-order valence-electron chi connectivity index (χ0n) is 17.6. The number of ether oxygens (including phenoxy) is 2. The molecule has 6 nitrogen and oxygen atoms in total. The molecule has 0 saturated heterocycles. The molecule has 32 heavy (non-hydrogen) atoms. The molecule has 0 heterocycles. The van der Waals surface area contributed by atoms with Gasteiger partial charge in [0.25, 0.3) is 5.91 Å². The Morgan fingerprint density at radius 1 is 1.16 bits per heavy atom. The standard InChI is InChI=1S/C22H23ClF3N3O3/c1-3-29(4-2)10-11-31-18-9-8-16(12-15(18)13-27)28-20(30)14-32-19-7-5-6-17(21(19)23)22(24,25)26/h5-9,12H,3-4,10-11,14H2,1-2H3,(H,28,30). The van der Waals surface area contributed by atoms with Crippen molar-refractivity contribution in [3.05, 3.63) is 52.5 Å². The molecule has 0 aliphatic rings. The smallest absolute Gasteiger partial charge is 0.417 e. The molecule has 0 spiro atoms. The van der Waals surface area contributed by atoms with Gasteiger partial charge in [0.05, 0.1) is 16.1 Å². The van der Waals surface area contributed by atoms with Crippen molar-refractivity contribution in [3.63, 3.8) is 0 Å². The van der Waals surface area contributed by atoms with E-state index in [-0.39, 0.29) is 11.3 Å². The number of amides is 1. The van der Waals surface area contributed by atoms with Crippen molar-refractivity contribution in [3.8, 4) is 17.6 Å². The highest BCUT2D eigenvalue weighted by atomic mass is 35.5. The van der Waals surface area contributed by atoms with Crippen LogP contribution in [0.1, 0.15) is 25.0 Å². The number of hydrogen-bond donors (Lipinski definition) is 1. The van der Waals surface area contributed by atoms with E-state index in [1.54, 1.807) is 12.1 Å². The molecular formula is C22H23ClF3N3O3. The number of halogens is 4. The number of nitrogens with zero attached hydrogens (tertiary/aromatic N) is 2. The van der Waals surface area contributed by atoms with E-state index >= 15 is 0 Å². The number of alkyl halides is 3. The van der Waals surface area contributed by atoms with E-state index < -0.39 is 29.3 Å². The number of nitriles is 1. The Morgan fingerprint density at radius 3 is 2.50 bits per heavy atom. The monoisotopic (exact) mass is 469 g/mol. The molecule has 0 unspecified atom stereocenters. The first-order valence-electron chi connectivity index (χ1n) is 9.87. The maximum atomic E-state index is 12.9. The molecule has 0 aliphatic carbocycles. The van der Waals surface area contributed by atoms with Crippen LogP contribution in [0.2, 0.25) is 5.02 Å². The first-order chi connectivity index (χ1) is 15.2. The van der Waals surface area contributed by atoms with Crippen molar-refractivity contribution < 1.29 is 27.4 Å². The zero-order valence-corrected chi connectivity index (χ0v) is 18.4. The molecule has 1 amide bonds. The van der Waals surface area contributed by atoms with Crippen LogP contribution in [0.4, 0.5) is 18.9 Å². The maximum Gasteiger partial charge on any atom is 0.417 e. The molecule has 0 fully saturated rings. The summed E-state index contributed by atoms with van der Waals surface area (Å²) < 4.78 is 49.6. The van der Waals surface area contributed by atoms with E-state index in [1.807, 2.05) is 19.9 Å². The minimum absolute atomic E-state index is 0.240. The van der Waals surface area contributed by atoms with Crippen LogP contribution < -0.4 is 14.8 Å². The summed E-state index contributed by atoms with van der Waals surface area (Å²) >= 11 is 5.74. The highest BCUT2D eigenvalue weighted by molar-refractivity contribution is 6.32. The maximum absolute atomic E-state index is 12.9. The highest BCUT2D eigenvalue weighted by Gasteiger charge is 2.34. The summed E-state index contributed by atoms with van der Waals surface area (Å²) in [6, 6.07) is 9.79. The molecule has 172 valence electrons. The largest absolute Gasteiger partial charge is 0.491 e. The molecule has 10 heteroatoms. The Balaban J connectivity index is 1.97. The van der Waals surface area contributed by atoms with E-state index in [4.69, 9.17) is 21.1 Å². The van der Waals surface area contributed by atoms with Gasteiger partial charge in [-0.15, -0.1) is 0 Å². The molecular weight excluding hydrogens is 447 g/mol. The second-order valence-electron chi connectivity index (χ2n) is 6.65. The van der Waals surface area contributed by atoms with E-state index in [1.165, 1.54) is 12.1 Å². The van der Waals surface area contributed by atoms with Gasteiger partial charge in [0.2, 0.25) is 0 Å². The molecule has 1 N–H and O–H groups in total. The first-order valence-corrected chi connectivity index (χ1v) is 10.2. The summed E-state index contributed by atoms with van der Waals surface area (Å²) in [5.41, 5.74) is -0.488. The van der Waals surface area contributed by atoms with E-state index in [0.717, 1.165) is 25.2 Å². The van der Waals surface area contributed by atoms with Gasteiger partial charge in [-0.2, -0.15) is 18.4 Å². The Labute approximate surface area is 189 Å². The SMILES string of the molecule is CCN(CC)CCOc1ccc(NC(=O)COc2cccc(C(F)(F)F)c2Cl)cc1C#N. The third-order valence-electron chi connectivity index (χ3n) is 4.57. The van der Waals surface area contributed by atoms with Gasteiger partial charge >= 0.3 is 6.18 Å². The predicted molar refractivity (Wildman–Crippen MR) is 115 cm³/mol. The summed E-state index contributed by atoms with van der Waals surface area (Å²) in [5, 5.41) is 11.3. The number of benzene rings is 2. The Kier molecular flexibility index (Phi) is 9.17. The number of carbonyl (C=O) groups excluding carboxylic acids is 1. The highest BCUT2D eigenvalue weighted by Crippen LogP contribution is 2.39. The number of nitrogens with one attached hydrogen (secondary N) is 1.